The van der Waals surface area contributed by atoms with E-state index in [4.69, 9.17) is 5.11 Å². The molecule has 2 unspecified atom stereocenters. The molecule has 0 bridgehead atoms. The van der Waals surface area contributed by atoms with Crippen molar-refractivity contribution < 1.29 is 9.90 Å². The highest BCUT2D eigenvalue weighted by Gasteiger charge is 2.28. The van der Waals surface area contributed by atoms with E-state index in [1.165, 1.54) is 12.8 Å². The topological polar surface area (TPSA) is 40.5 Å². The zero-order valence-corrected chi connectivity index (χ0v) is 10.0. The minimum atomic E-state index is 0.306. The Morgan fingerprint density at radius 3 is 2.88 bits per heavy atom. The number of piperidine rings is 1. The van der Waals surface area contributed by atoms with Crippen LogP contribution in [0.5, 0.6) is 0 Å². The number of aliphatic hydroxyl groups excluding tert-OH is 1. The van der Waals surface area contributed by atoms with Crippen LogP contribution in [0.25, 0.3) is 0 Å². The van der Waals surface area contributed by atoms with Gasteiger partial charge in [-0.3, -0.25) is 4.79 Å². The molecule has 1 heterocycles. The van der Waals surface area contributed by atoms with Gasteiger partial charge in [-0.2, -0.15) is 0 Å². The summed E-state index contributed by atoms with van der Waals surface area (Å²) in [6.45, 7) is 3.51. The molecule has 1 saturated heterocycles. The first-order valence-corrected chi connectivity index (χ1v) is 6.65. The Labute approximate surface area is 97.8 Å². The minimum absolute atomic E-state index is 0.306. The Bertz CT molecular complexity index is 240. The van der Waals surface area contributed by atoms with Gasteiger partial charge in [-0.25, -0.2) is 0 Å². The Morgan fingerprint density at radius 2 is 2.19 bits per heavy atom. The molecule has 2 fully saturated rings. The van der Waals surface area contributed by atoms with Gasteiger partial charge >= 0.3 is 0 Å². The Hall–Kier alpha value is -0.410. The summed E-state index contributed by atoms with van der Waals surface area (Å²) < 4.78 is 0. The molecule has 0 spiro atoms. The number of ketones is 1. The summed E-state index contributed by atoms with van der Waals surface area (Å²) in [6.07, 6.45) is 6.40. The van der Waals surface area contributed by atoms with E-state index in [9.17, 15) is 4.79 Å². The number of carbonyl (C=O) groups is 1. The predicted octanol–water partition coefficient (Wildman–Crippen LogP) is 1.45. The second-order valence-corrected chi connectivity index (χ2v) is 5.34. The lowest BCUT2D eigenvalue weighted by Gasteiger charge is -2.33. The van der Waals surface area contributed by atoms with Gasteiger partial charge in [0.25, 0.3) is 0 Å². The molecule has 0 amide bonds. The molecule has 1 aliphatic heterocycles. The van der Waals surface area contributed by atoms with Crippen molar-refractivity contribution in [2.75, 3.05) is 26.2 Å². The third-order valence-corrected chi connectivity index (χ3v) is 4.05. The van der Waals surface area contributed by atoms with E-state index in [0.29, 0.717) is 24.2 Å². The normalized spacial score (nSPS) is 32.2. The standard InChI is InChI=1S/C13H23NO2/c15-8-6-11-3-2-7-14(9-11)10-12-4-1-5-13(12)16/h11-12,15H,1-10H2. The summed E-state index contributed by atoms with van der Waals surface area (Å²) in [4.78, 5) is 14.0. The quantitative estimate of drug-likeness (QED) is 0.787. The predicted molar refractivity (Wildman–Crippen MR) is 63.2 cm³/mol. The molecule has 92 valence electrons. The van der Waals surface area contributed by atoms with Crippen molar-refractivity contribution in [3.8, 4) is 0 Å². The average molecular weight is 225 g/mol. The maximum atomic E-state index is 11.6. The summed E-state index contributed by atoms with van der Waals surface area (Å²) in [6, 6.07) is 0. The fraction of sp³-hybridized carbons (Fsp3) is 0.923. The van der Waals surface area contributed by atoms with Crippen LogP contribution >= 0.6 is 0 Å². The van der Waals surface area contributed by atoms with Gasteiger partial charge in [-0.15, -0.1) is 0 Å². The number of Topliss-reactive ketones (excluding diaryl/α,β-unsaturated/α-hetero) is 1. The zero-order chi connectivity index (χ0) is 11.4. The second kappa shape index (κ2) is 5.78. The molecule has 2 atom stereocenters. The third-order valence-electron chi connectivity index (χ3n) is 4.05. The van der Waals surface area contributed by atoms with E-state index < -0.39 is 0 Å². The first-order valence-electron chi connectivity index (χ1n) is 6.65. The number of aliphatic hydroxyl groups is 1. The van der Waals surface area contributed by atoms with Gasteiger partial charge in [0.05, 0.1) is 0 Å². The van der Waals surface area contributed by atoms with Crippen molar-refractivity contribution in [1.29, 1.82) is 0 Å². The number of nitrogens with zero attached hydrogens (tertiary/aromatic N) is 1. The van der Waals surface area contributed by atoms with Crippen LogP contribution in [-0.4, -0.2) is 42.0 Å². The van der Waals surface area contributed by atoms with E-state index in [-0.39, 0.29) is 0 Å². The molecule has 3 nitrogen and oxygen atoms in total. The van der Waals surface area contributed by atoms with Crippen LogP contribution in [0.1, 0.15) is 38.5 Å². The molecule has 3 heteroatoms. The minimum Gasteiger partial charge on any atom is -0.396 e. The van der Waals surface area contributed by atoms with Crippen molar-refractivity contribution in [3.63, 3.8) is 0 Å². The molecule has 0 aromatic heterocycles. The van der Waals surface area contributed by atoms with Crippen LogP contribution in [0.15, 0.2) is 0 Å². The first kappa shape index (κ1) is 12.1. The molecule has 2 rings (SSSR count). The zero-order valence-electron chi connectivity index (χ0n) is 10.0. The monoisotopic (exact) mass is 225 g/mol. The first-order chi connectivity index (χ1) is 7.79. The second-order valence-electron chi connectivity index (χ2n) is 5.34. The van der Waals surface area contributed by atoms with Gasteiger partial charge in [-0.05, 0) is 44.6 Å². The lowest BCUT2D eigenvalue weighted by atomic mass is 9.94. The van der Waals surface area contributed by atoms with Gasteiger partial charge in [0.15, 0.2) is 0 Å². The number of hydrogen-bond donors (Lipinski definition) is 1. The Balaban J connectivity index is 1.78. The van der Waals surface area contributed by atoms with Crippen LogP contribution in [0.3, 0.4) is 0 Å². The fourth-order valence-corrected chi connectivity index (χ4v) is 3.13. The molecular formula is C13H23NO2. The maximum Gasteiger partial charge on any atom is 0.137 e. The molecule has 1 aliphatic carbocycles. The smallest absolute Gasteiger partial charge is 0.137 e. The summed E-state index contributed by atoms with van der Waals surface area (Å²) in [5, 5.41) is 8.96. The lowest BCUT2D eigenvalue weighted by molar-refractivity contribution is -0.121. The molecule has 2 aliphatic rings. The maximum absolute atomic E-state index is 11.6. The van der Waals surface area contributed by atoms with E-state index in [0.717, 1.165) is 45.3 Å². The van der Waals surface area contributed by atoms with E-state index >= 15 is 0 Å². The highest BCUT2D eigenvalue weighted by molar-refractivity contribution is 5.83. The van der Waals surface area contributed by atoms with Crippen molar-refractivity contribution >= 4 is 5.78 Å². The van der Waals surface area contributed by atoms with Crippen molar-refractivity contribution in [2.24, 2.45) is 11.8 Å². The van der Waals surface area contributed by atoms with Gasteiger partial charge in [0.1, 0.15) is 5.78 Å². The number of rotatable bonds is 4. The van der Waals surface area contributed by atoms with Crippen LogP contribution in [-0.2, 0) is 4.79 Å². The van der Waals surface area contributed by atoms with Crippen LogP contribution in [0, 0.1) is 11.8 Å². The molecule has 1 N–H and O–H groups in total. The van der Waals surface area contributed by atoms with Crippen LogP contribution < -0.4 is 0 Å². The fourth-order valence-electron chi connectivity index (χ4n) is 3.13. The highest BCUT2D eigenvalue weighted by Crippen LogP contribution is 2.25. The van der Waals surface area contributed by atoms with Crippen molar-refractivity contribution in [2.45, 2.75) is 38.5 Å². The van der Waals surface area contributed by atoms with Gasteiger partial charge < -0.3 is 10.0 Å². The molecule has 0 aromatic carbocycles. The lowest BCUT2D eigenvalue weighted by Crippen LogP contribution is -2.39. The van der Waals surface area contributed by atoms with Gasteiger partial charge in [-0.1, -0.05) is 0 Å². The molecule has 0 aromatic rings. The number of likely N-dealkylation sites (tertiary alicyclic amines) is 1. The van der Waals surface area contributed by atoms with Crippen molar-refractivity contribution in [1.82, 2.24) is 4.90 Å². The van der Waals surface area contributed by atoms with Crippen LogP contribution in [0.4, 0.5) is 0 Å². The summed E-state index contributed by atoms with van der Waals surface area (Å²) in [5.41, 5.74) is 0. The van der Waals surface area contributed by atoms with E-state index in [1.54, 1.807) is 0 Å². The average Bonchev–Trinajstić information content (AvgIpc) is 2.66. The SMILES string of the molecule is O=C1CCCC1CN1CCCC(CCO)C1. The molecular weight excluding hydrogens is 202 g/mol. The van der Waals surface area contributed by atoms with E-state index in [1.807, 2.05) is 0 Å². The van der Waals surface area contributed by atoms with Gasteiger partial charge in [0, 0.05) is 32.0 Å². The van der Waals surface area contributed by atoms with Gasteiger partial charge in [0.2, 0.25) is 0 Å². The number of carbonyl (C=O) groups excluding carboxylic acids is 1. The summed E-state index contributed by atoms with van der Waals surface area (Å²) in [7, 11) is 0. The molecule has 16 heavy (non-hydrogen) atoms. The third kappa shape index (κ3) is 3.05. The molecule has 1 saturated carbocycles. The van der Waals surface area contributed by atoms with E-state index in [2.05, 4.69) is 4.90 Å². The molecule has 0 radical (unpaired) electrons. The number of hydrogen-bond acceptors (Lipinski definition) is 3. The van der Waals surface area contributed by atoms with Crippen LogP contribution in [0.2, 0.25) is 0 Å². The summed E-state index contributed by atoms with van der Waals surface area (Å²) in [5.74, 6) is 1.44. The summed E-state index contributed by atoms with van der Waals surface area (Å²) >= 11 is 0. The Morgan fingerprint density at radius 1 is 1.31 bits per heavy atom. The largest absolute Gasteiger partial charge is 0.396 e. The van der Waals surface area contributed by atoms with Crippen molar-refractivity contribution in [3.05, 3.63) is 0 Å². The Kier molecular flexibility index (Phi) is 4.36. The highest BCUT2D eigenvalue weighted by atomic mass is 16.3.